The average molecular weight is 423 g/mol. The lowest BCUT2D eigenvalue weighted by Crippen LogP contribution is -2.07. The van der Waals surface area contributed by atoms with Crippen molar-refractivity contribution < 1.29 is 9.85 Å². The molecule has 0 aliphatic carbocycles. The maximum atomic E-state index is 11.1. The van der Waals surface area contributed by atoms with Gasteiger partial charge in [0.15, 0.2) is 0 Å². The number of hydrogen-bond acceptors (Lipinski definition) is 6. The molecule has 0 aliphatic rings. The molecule has 0 spiro atoms. The lowest BCUT2D eigenvalue weighted by Gasteiger charge is -2.01. The molecule has 2 aromatic rings. The number of benzene rings is 1. The molecule has 1 aromatic carbocycles. The van der Waals surface area contributed by atoms with Gasteiger partial charge in [0.25, 0.3) is 0 Å². The number of halogens is 2. The standard InChI is InChI=1S/C10H9Br2N5O4/c1-4(2)3-15-13-7-5(11)9(16(18)19)10(17(20)21)6(12)8(7)14-15/h4H,3H2,1-2H3. The molecule has 2 rings (SSSR count). The van der Waals surface area contributed by atoms with E-state index in [9.17, 15) is 20.2 Å². The third-order valence-corrected chi connectivity index (χ3v) is 4.11. The van der Waals surface area contributed by atoms with Gasteiger partial charge in [-0.1, -0.05) is 13.8 Å². The van der Waals surface area contributed by atoms with Crippen molar-refractivity contribution in [3.63, 3.8) is 0 Å². The number of fused-ring (bicyclic) bond motifs is 1. The molecule has 1 aromatic heterocycles. The minimum Gasteiger partial charge on any atom is -0.258 e. The molecule has 0 saturated carbocycles. The van der Waals surface area contributed by atoms with E-state index in [-0.39, 0.29) is 25.9 Å². The van der Waals surface area contributed by atoms with Crippen LogP contribution in [0.3, 0.4) is 0 Å². The maximum Gasteiger partial charge on any atom is 0.363 e. The molecule has 0 aliphatic heterocycles. The summed E-state index contributed by atoms with van der Waals surface area (Å²) in [6, 6.07) is 0. The Labute approximate surface area is 134 Å². The first-order chi connectivity index (χ1) is 9.73. The SMILES string of the molecule is CC(C)Cn1nc2c(Br)c([N+](=O)[O-])c([N+](=O)[O-])c(Br)c2n1. The summed E-state index contributed by atoms with van der Waals surface area (Å²) in [4.78, 5) is 22.0. The highest BCUT2D eigenvalue weighted by molar-refractivity contribution is 9.11. The van der Waals surface area contributed by atoms with Crippen molar-refractivity contribution in [1.29, 1.82) is 0 Å². The van der Waals surface area contributed by atoms with Gasteiger partial charge in [-0.2, -0.15) is 15.0 Å². The van der Waals surface area contributed by atoms with Crippen LogP contribution in [-0.2, 0) is 6.54 Å². The Morgan fingerprint density at radius 1 is 1.05 bits per heavy atom. The summed E-state index contributed by atoms with van der Waals surface area (Å²) in [5, 5.41) is 30.6. The number of hydrogen-bond donors (Lipinski definition) is 0. The molecule has 9 nitrogen and oxygen atoms in total. The Kier molecular flexibility index (Phi) is 4.23. The molecular weight excluding hydrogens is 414 g/mol. The largest absolute Gasteiger partial charge is 0.363 e. The monoisotopic (exact) mass is 421 g/mol. The number of nitro benzene ring substituents is 2. The Morgan fingerprint density at radius 2 is 1.43 bits per heavy atom. The highest BCUT2D eigenvalue weighted by Gasteiger charge is 2.36. The minimum absolute atomic E-state index is 0.0487. The molecule has 0 N–H and O–H groups in total. The minimum atomic E-state index is -0.812. The first-order valence-electron chi connectivity index (χ1n) is 5.78. The molecule has 21 heavy (non-hydrogen) atoms. The first-order valence-corrected chi connectivity index (χ1v) is 7.37. The summed E-state index contributed by atoms with van der Waals surface area (Å²) in [7, 11) is 0. The lowest BCUT2D eigenvalue weighted by molar-refractivity contribution is -0.423. The Morgan fingerprint density at radius 3 is 1.71 bits per heavy atom. The van der Waals surface area contributed by atoms with E-state index >= 15 is 0 Å². The van der Waals surface area contributed by atoms with Gasteiger partial charge in [0.1, 0.15) is 20.0 Å². The van der Waals surface area contributed by atoms with Crippen LogP contribution in [0.4, 0.5) is 11.4 Å². The molecule has 0 radical (unpaired) electrons. The predicted molar refractivity (Wildman–Crippen MR) is 81.1 cm³/mol. The van der Waals surface area contributed by atoms with Crippen molar-refractivity contribution in [3.8, 4) is 0 Å². The van der Waals surface area contributed by atoms with Crippen LogP contribution in [0.15, 0.2) is 8.95 Å². The molecule has 0 saturated heterocycles. The molecule has 112 valence electrons. The van der Waals surface area contributed by atoms with E-state index < -0.39 is 21.2 Å². The van der Waals surface area contributed by atoms with Crippen molar-refractivity contribution in [1.82, 2.24) is 15.0 Å². The van der Waals surface area contributed by atoms with E-state index in [0.717, 1.165) is 0 Å². The maximum absolute atomic E-state index is 11.1. The van der Waals surface area contributed by atoms with Gasteiger partial charge < -0.3 is 0 Å². The van der Waals surface area contributed by atoms with Crippen LogP contribution in [-0.4, -0.2) is 24.8 Å². The number of nitrogens with zero attached hydrogens (tertiary/aromatic N) is 5. The second-order valence-corrected chi connectivity index (χ2v) is 6.27. The topological polar surface area (TPSA) is 117 Å². The fourth-order valence-corrected chi connectivity index (χ4v) is 3.02. The highest BCUT2D eigenvalue weighted by atomic mass is 79.9. The predicted octanol–water partition coefficient (Wildman–Crippen LogP) is 3.43. The van der Waals surface area contributed by atoms with Crippen LogP contribution >= 0.6 is 31.9 Å². The second-order valence-electron chi connectivity index (χ2n) is 4.69. The molecule has 0 atom stereocenters. The molecule has 11 heteroatoms. The summed E-state index contributed by atoms with van der Waals surface area (Å²) in [5.41, 5.74) is -0.869. The van der Waals surface area contributed by atoms with Crippen molar-refractivity contribution in [3.05, 3.63) is 29.2 Å². The van der Waals surface area contributed by atoms with Crippen LogP contribution in [0.1, 0.15) is 13.8 Å². The fraction of sp³-hybridized carbons (Fsp3) is 0.400. The third kappa shape index (κ3) is 2.75. The smallest absolute Gasteiger partial charge is 0.258 e. The van der Waals surface area contributed by atoms with Crippen LogP contribution in [0.25, 0.3) is 11.0 Å². The van der Waals surface area contributed by atoms with Crippen molar-refractivity contribution >= 4 is 54.3 Å². The summed E-state index contributed by atoms with van der Waals surface area (Å²) >= 11 is 6.07. The van der Waals surface area contributed by atoms with E-state index in [2.05, 4.69) is 42.1 Å². The van der Waals surface area contributed by atoms with Crippen molar-refractivity contribution in [2.24, 2.45) is 5.92 Å². The summed E-state index contributed by atoms with van der Waals surface area (Å²) in [6.07, 6.45) is 0. The van der Waals surface area contributed by atoms with E-state index in [1.807, 2.05) is 13.8 Å². The van der Waals surface area contributed by atoms with Crippen LogP contribution in [0.2, 0.25) is 0 Å². The summed E-state index contributed by atoms with van der Waals surface area (Å²) in [5.74, 6) is 0.259. The fourth-order valence-electron chi connectivity index (χ4n) is 1.82. The van der Waals surface area contributed by atoms with E-state index in [1.54, 1.807) is 0 Å². The number of rotatable bonds is 4. The highest BCUT2D eigenvalue weighted by Crippen LogP contribution is 2.45. The number of aromatic nitrogens is 3. The van der Waals surface area contributed by atoms with Crippen LogP contribution in [0, 0.1) is 26.1 Å². The molecular formula is C10H9Br2N5O4. The van der Waals surface area contributed by atoms with E-state index in [0.29, 0.717) is 6.54 Å². The quantitative estimate of drug-likeness (QED) is 0.550. The summed E-state index contributed by atoms with van der Waals surface area (Å²) < 4.78 is -0.0974. The van der Waals surface area contributed by atoms with Crippen molar-refractivity contribution in [2.45, 2.75) is 20.4 Å². The van der Waals surface area contributed by atoms with Gasteiger partial charge >= 0.3 is 11.4 Å². The molecule has 0 amide bonds. The van der Waals surface area contributed by atoms with Gasteiger partial charge in [-0.3, -0.25) is 20.2 Å². The number of nitro groups is 2. The van der Waals surface area contributed by atoms with Gasteiger partial charge in [0, 0.05) is 0 Å². The van der Waals surface area contributed by atoms with E-state index in [1.165, 1.54) is 4.80 Å². The van der Waals surface area contributed by atoms with Gasteiger partial charge in [-0.15, -0.1) is 0 Å². The summed E-state index contributed by atoms with van der Waals surface area (Å²) in [6.45, 7) is 4.42. The van der Waals surface area contributed by atoms with Crippen molar-refractivity contribution in [2.75, 3.05) is 0 Å². The van der Waals surface area contributed by atoms with Crippen LogP contribution < -0.4 is 0 Å². The molecule has 0 fully saturated rings. The van der Waals surface area contributed by atoms with Gasteiger partial charge in [-0.05, 0) is 37.8 Å². The molecule has 0 unspecified atom stereocenters. The Bertz CT molecular complexity index is 701. The zero-order valence-electron chi connectivity index (χ0n) is 10.9. The third-order valence-electron chi connectivity index (χ3n) is 2.60. The zero-order valence-corrected chi connectivity index (χ0v) is 14.1. The first kappa shape index (κ1) is 15.8. The zero-order chi connectivity index (χ0) is 15.9. The van der Waals surface area contributed by atoms with Crippen LogP contribution in [0.5, 0.6) is 0 Å². The second kappa shape index (κ2) is 5.64. The molecule has 1 heterocycles. The average Bonchev–Trinajstić information content (AvgIpc) is 2.75. The lowest BCUT2D eigenvalue weighted by atomic mass is 10.2. The van der Waals surface area contributed by atoms with E-state index in [4.69, 9.17) is 0 Å². The Balaban J connectivity index is 2.84. The Hall–Kier alpha value is -1.62. The molecule has 0 bridgehead atoms. The van der Waals surface area contributed by atoms with Gasteiger partial charge in [-0.25, -0.2) is 0 Å². The van der Waals surface area contributed by atoms with Gasteiger partial charge in [0.05, 0.1) is 16.4 Å². The van der Waals surface area contributed by atoms with Gasteiger partial charge in [0.2, 0.25) is 0 Å². The normalized spacial score (nSPS) is 11.3.